The molecule has 0 spiro atoms. The van der Waals surface area contributed by atoms with Gasteiger partial charge in [-0.05, 0) is 19.3 Å². The molecule has 6 heteroatoms. The molecule has 0 rings (SSSR count). The van der Waals surface area contributed by atoms with Gasteiger partial charge in [-0.2, -0.15) is 8.42 Å². The fourth-order valence-electron chi connectivity index (χ4n) is 3.68. The first-order valence-corrected chi connectivity index (χ1v) is 14.1. The Labute approximate surface area is 187 Å². The predicted octanol–water partition coefficient (Wildman–Crippen LogP) is 7.64. The fraction of sp³-hybridized carbons (Fsp3) is 1.00. The summed E-state index contributed by atoms with van der Waals surface area (Å²) in [6.07, 6.45) is 25.2. The van der Waals surface area contributed by atoms with E-state index in [-0.39, 0.29) is 6.61 Å². The van der Waals surface area contributed by atoms with Crippen LogP contribution in [0.5, 0.6) is 0 Å². The van der Waals surface area contributed by atoms with Gasteiger partial charge in [0.15, 0.2) is 0 Å². The first-order chi connectivity index (χ1) is 14.6. The van der Waals surface area contributed by atoms with Crippen molar-refractivity contribution in [3.05, 3.63) is 0 Å². The van der Waals surface area contributed by atoms with Crippen molar-refractivity contribution >= 4 is 10.4 Å². The summed E-state index contributed by atoms with van der Waals surface area (Å²) < 4.78 is 39.2. The number of hydrogen-bond acceptors (Lipinski definition) is 4. The van der Waals surface area contributed by atoms with Crippen molar-refractivity contribution in [1.29, 1.82) is 0 Å². The number of unbranched alkanes of at least 4 members (excludes halogenated alkanes) is 18. The first kappa shape index (κ1) is 29.8. The Morgan fingerprint density at radius 3 is 1.13 bits per heavy atom. The first-order valence-electron chi connectivity index (χ1n) is 12.8. The van der Waals surface area contributed by atoms with E-state index >= 15 is 0 Å². The van der Waals surface area contributed by atoms with E-state index in [1.807, 2.05) is 0 Å². The Balaban J connectivity index is 3.03. The molecule has 0 unspecified atom stereocenters. The molecule has 5 nitrogen and oxygen atoms in total. The van der Waals surface area contributed by atoms with E-state index in [9.17, 15) is 8.42 Å². The Morgan fingerprint density at radius 2 is 0.800 bits per heavy atom. The molecule has 0 bridgehead atoms. The molecule has 0 atom stereocenters. The lowest BCUT2D eigenvalue weighted by molar-refractivity contribution is 0.125. The van der Waals surface area contributed by atoms with Gasteiger partial charge in [-0.15, -0.1) is 0 Å². The number of ether oxygens (including phenoxy) is 1. The minimum atomic E-state index is -4.26. The minimum Gasteiger partial charge on any atom is -0.381 e. The van der Waals surface area contributed by atoms with Crippen LogP contribution in [0.15, 0.2) is 0 Å². The predicted molar refractivity (Wildman–Crippen MR) is 126 cm³/mol. The van der Waals surface area contributed by atoms with E-state index in [0.717, 1.165) is 26.1 Å². The number of rotatable bonds is 25. The Bertz CT molecular complexity index is 425. The summed E-state index contributed by atoms with van der Waals surface area (Å²) in [5.41, 5.74) is 0. The van der Waals surface area contributed by atoms with Gasteiger partial charge in [-0.1, -0.05) is 116 Å². The van der Waals surface area contributed by atoms with Gasteiger partial charge in [0.1, 0.15) is 0 Å². The average molecular weight is 451 g/mol. The van der Waals surface area contributed by atoms with Crippen LogP contribution in [0.25, 0.3) is 0 Å². The van der Waals surface area contributed by atoms with Gasteiger partial charge in [0, 0.05) is 13.2 Å². The Kier molecular flexibility index (Phi) is 23.4. The highest BCUT2D eigenvalue weighted by molar-refractivity contribution is 7.80. The molecule has 0 saturated heterocycles. The summed E-state index contributed by atoms with van der Waals surface area (Å²) in [7, 11) is -4.26. The summed E-state index contributed by atoms with van der Waals surface area (Å²) >= 11 is 0. The van der Waals surface area contributed by atoms with Crippen LogP contribution in [0.2, 0.25) is 0 Å². The summed E-state index contributed by atoms with van der Waals surface area (Å²) in [5.74, 6) is 0. The Hall–Kier alpha value is -0.170. The third kappa shape index (κ3) is 27.8. The largest absolute Gasteiger partial charge is 0.397 e. The van der Waals surface area contributed by atoms with Gasteiger partial charge < -0.3 is 4.74 Å². The molecule has 0 fully saturated rings. The summed E-state index contributed by atoms with van der Waals surface area (Å²) in [6.45, 7) is 4.21. The fourth-order valence-corrected chi connectivity index (χ4v) is 4.01. The smallest absolute Gasteiger partial charge is 0.381 e. The maximum atomic E-state index is 10.4. The molecule has 0 aliphatic heterocycles. The van der Waals surface area contributed by atoms with Gasteiger partial charge in [-0.25, -0.2) is 4.18 Å². The van der Waals surface area contributed by atoms with Gasteiger partial charge in [-0.3, -0.25) is 4.55 Å². The molecule has 0 aromatic rings. The molecule has 0 aliphatic carbocycles. The van der Waals surface area contributed by atoms with Crippen molar-refractivity contribution < 1.29 is 21.9 Å². The van der Waals surface area contributed by atoms with Crippen LogP contribution in [-0.4, -0.2) is 32.8 Å². The maximum Gasteiger partial charge on any atom is 0.397 e. The highest BCUT2D eigenvalue weighted by Gasteiger charge is 2.02. The van der Waals surface area contributed by atoms with Crippen LogP contribution in [0.4, 0.5) is 0 Å². The van der Waals surface area contributed by atoms with Gasteiger partial charge in [0.2, 0.25) is 0 Å². The summed E-state index contributed by atoms with van der Waals surface area (Å²) in [6, 6.07) is 0. The molecular weight excluding hydrogens is 400 g/mol. The second kappa shape index (κ2) is 23.5. The lowest BCUT2D eigenvalue weighted by Gasteiger charge is -2.05. The topological polar surface area (TPSA) is 72.8 Å². The molecule has 1 N–H and O–H groups in total. The van der Waals surface area contributed by atoms with Gasteiger partial charge in [0.05, 0.1) is 6.61 Å². The average Bonchev–Trinajstić information content (AvgIpc) is 2.70. The van der Waals surface area contributed by atoms with Gasteiger partial charge >= 0.3 is 10.4 Å². The van der Waals surface area contributed by atoms with Gasteiger partial charge in [0.25, 0.3) is 0 Å². The normalized spacial score (nSPS) is 11.9. The third-order valence-electron chi connectivity index (χ3n) is 5.56. The van der Waals surface area contributed by atoms with Crippen LogP contribution in [0.3, 0.4) is 0 Å². The van der Waals surface area contributed by atoms with Crippen molar-refractivity contribution in [2.75, 3.05) is 19.8 Å². The van der Waals surface area contributed by atoms with Crippen LogP contribution >= 0.6 is 0 Å². The van der Waals surface area contributed by atoms with Crippen molar-refractivity contribution in [2.24, 2.45) is 0 Å². The highest BCUT2D eigenvalue weighted by Crippen LogP contribution is 2.12. The second-order valence-corrected chi connectivity index (χ2v) is 9.67. The highest BCUT2D eigenvalue weighted by atomic mass is 32.3. The zero-order chi connectivity index (χ0) is 22.2. The minimum absolute atomic E-state index is 0.0834. The summed E-state index contributed by atoms with van der Waals surface area (Å²) in [5, 5.41) is 0. The Morgan fingerprint density at radius 1 is 0.500 bits per heavy atom. The molecule has 0 heterocycles. The van der Waals surface area contributed by atoms with Crippen LogP contribution in [0, 0.1) is 0 Å². The summed E-state index contributed by atoms with van der Waals surface area (Å²) in [4.78, 5) is 0. The van der Waals surface area contributed by atoms with E-state index in [1.54, 1.807) is 0 Å². The lowest BCUT2D eigenvalue weighted by atomic mass is 10.1. The molecule has 0 saturated carbocycles. The molecule has 0 amide bonds. The molecule has 0 aromatic carbocycles. The monoisotopic (exact) mass is 450 g/mol. The SMILES string of the molecule is CCCCCCCCCCCCOCCCCCCCCCCCCOS(=O)(=O)O. The van der Waals surface area contributed by atoms with Crippen LogP contribution in [-0.2, 0) is 19.3 Å². The quantitative estimate of drug-likeness (QED) is 0.114. The maximum absolute atomic E-state index is 10.4. The van der Waals surface area contributed by atoms with E-state index in [2.05, 4.69) is 11.1 Å². The zero-order valence-corrected chi connectivity index (χ0v) is 20.6. The van der Waals surface area contributed by atoms with E-state index in [1.165, 1.54) is 109 Å². The van der Waals surface area contributed by atoms with E-state index in [4.69, 9.17) is 9.29 Å². The number of hydrogen-bond donors (Lipinski definition) is 1. The standard InChI is InChI=1S/C24H50O5S/c1-2-3-4-5-6-7-10-13-16-19-22-28-23-20-17-14-11-8-9-12-15-18-21-24-29-30(25,26)27/h2-24H2,1H3,(H,25,26,27). The van der Waals surface area contributed by atoms with E-state index in [0.29, 0.717) is 6.42 Å². The van der Waals surface area contributed by atoms with Crippen molar-refractivity contribution in [2.45, 2.75) is 135 Å². The third-order valence-corrected chi connectivity index (χ3v) is 6.02. The van der Waals surface area contributed by atoms with Crippen LogP contribution < -0.4 is 0 Å². The van der Waals surface area contributed by atoms with Crippen molar-refractivity contribution in [3.63, 3.8) is 0 Å². The lowest BCUT2D eigenvalue weighted by Crippen LogP contribution is -2.04. The molecule has 0 radical (unpaired) electrons. The molecule has 30 heavy (non-hydrogen) atoms. The molecule has 0 aliphatic rings. The second-order valence-electron chi connectivity index (χ2n) is 8.58. The van der Waals surface area contributed by atoms with E-state index < -0.39 is 10.4 Å². The molecular formula is C24H50O5S. The zero-order valence-electron chi connectivity index (χ0n) is 19.8. The van der Waals surface area contributed by atoms with Crippen LogP contribution in [0.1, 0.15) is 135 Å². The molecule has 0 aromatic heterocycles. The van der Waals surface area contributed by atoms with Crippen molar-refractivity contribution in [1.82, 2.24) is 0 Å². The molecule has 182 valence electrons. The van der Waals surface area contributed by atoms with Crippen molar-refractivity contribution in [3.8, 4) is 0 Å².